The van der Waals surface area contributed by atoms with Crippen LogP contribution < -0.4 is 0 Å². The topological polar surface area (TPSA) is 54.2 Å². The van der Waals surface area contributed by atoms with Crippen LogP contribution in [-0.4, -0.2) is 50.0 Å². The van der Waals surface area contributed by atoms with Gasteiger partial charge in [0, 0.05) is 26.1 Å². The van der Waals surface area contributed by atoms with Crippen molar-refractivity contribution in [3.63, 3.8) is 0 Å². The van der Waals surface area contributed by atoms with Crippen molar-refractivity contribution in [1.29, 1.82) is 0 Å². The predicted molar refractivity (Wildman–Crippen MR) is 70.3 cm³/mol. The molecule has 5 nitrogen and oxygen atoms in total. The van der Waals surface area contributed by atoms with E-state index in [-0.39, 0.29) is 0 Å². The van der Waals surface area contributed by atoms with E-state index in [2.05, 4.69) is 21.9 Å². The Balaban J connectivity index is 1.93. The first kappa shape index (κ1) is 13.5. The van der Waals surface area contributed by atoms with E-state index >= 15 is 0 Å². The molecule has 0 radical (unpaired) electrons. The third-order valence-electron chi connectivity index (χ3n) is 3.81. The number of aliphatic hydroxyl groups is 1. The second kappa shape index (κ2) is 5.80. The molecular weight excluding hydrogens is 228 g/mol. The molecule has 0 spiro atoms. The Morgan fingerprint density at radius 1 is 1.33 bits per heavy atom. The minimum absolute atomic E-state index is 0.593. The zero-order valence-electron chi connectivity index (χ0n) is 11.5. The van der Waals surface area contributed by atoms with Gasteiger partial charge in [-0.05, 0) is 32.7 Å². The maximum atomic E-state index is 10.6. The first-order chi connectivity index (χ1) is 8.67. The number of piperidine rings is 1. The van der Waals surface area contributed by atoms with Crippen molar-refractivity contribution >= 4 is 0 Å². The molecule has 0 saturated carbocycles. The zero-order valence-corrected chi connectivity index (χ0v) is 11.5. The average molecular weight is 252 g/mol. The number of hydrogen-bond acceptors (Lipinski definition) is 4. The Morgan fingerprint density at radius 3 is 2.67 bits per heavy atom. The molecule has 0 aliphatic carbocycles. The normalized spacial score (nSPS) is 20.2. The summed E-state index contributed by atoms with van der Waals surface area (Å²) in [6.45, 7) is 8.18. The molecule has 1 saturated heterocycles. The molecular formula is C13H24N4O. The summed E-state index contributed by atoms with van der Waals surface area (Å²) in [5.41, 5.74) is -0.593. The van der Waals surface area contributed by atoms with E-state index in [0.717, 1.165) is 44.8 Å². The van der Waals surface area contributed by atoms with Crippen molar-refractivity contribution in [2.45, 2.75) is 51.7 Å². The molecule has 1 aromatic heterocycles. The third-order valence-corrected chi connectivity index (χ3v) is 3.81. The van der Waals surface area contributed by atoms with E-state index in [1.165, 1.54) is 6.42 Å². The molecule has 1 aliphatic heterocycles. The lowest BCUT2D eigenvalue weighted by molar-refractivity contribution is -0.0226. The van der Waals surface area contributed by atoms with Crippen molar-refractivity contribution in [2.75, 3.05) is 19.6 Å². The van der Waals surface area contributed by atoms with Crippen LogP contribution in [0.2, 0.25) is 0 Å². The van der Waals surface area contributed by atoms with E-state index in [9.17, 15) is 5.11 Å². The summed E-state index contributed by atoms with van der Waals surface area (Å²) >= 11 is 0. The van der Waals surface area contributed by atoms with Crippen LogP contribution in [-0.2, 0) is 13.0 Å². The summed E-state index contributed by atoms with van der Waals surface area (Å²) < 4.78 is 1.87. The monoisotopic (exact) mass is 252 g/mol. The van der Waals surface area contributed by atoms with Gasteiger partial charge in [-0.25, -0.2) is 4.98 Å². The summed E-state index contributed by atoms with van der Waals surface area (Å²) in [6, 6.07) is 0. The fourth-order valence-electron chi connectivity index (χ4n) is 2.67. The second-order valence-corrected chi connectivity index (χ2v) is 5.23. The van der Waals surface area contributed by atoms with Crippen LogP contribution >= 0.6 is 0 Å². The standard InChI is InChI=1S/C13H24N4O/c1-3-7-16-8-5-13(18,6-9-16)10-12-14-11-15-17(12)4-2/h11,18H,3-10H2,1-2H3. The molecule has 5 heteroatoms. The van der Waals surface area contributed by atoms with Crippen LogP contribution in [0.5, 0.6) is 0 Å². The number of aromatic nitrogens is 3. The number of nitrogens with zero attached hydrogens (tertiary/aromatic N) is 4. The highest BCUT2D eigenvalue weighted by Gasteiger charge is 2.33. The molecule has 1 N–H and O–H groups in total. The molecule has 0 unspecified atom stereocenters. The lowest BCUT2D eigenvalue weighted by Gasteiger charge is -2.37. The van der Waals surface area contributed by atoms with Crippen LogP contribution in [0.1, 0.15) is 38.9 Å². The van der Waals surface area contributed by atoms with Crippen molar-refractivity contribution in [3.8, 4) is 0 Å². The molecule has 18 heavy (non-hydrogen) atoms. The van der Waals surface area contributed by atoms with E-state index in [1.54, 1.807) is 6.33 Å². The molecule has 1 fully saturated rings. The van der Waals surface area contributed by atoms with Gasteiger partial charge >= 0.3 is 0 Å². The van der Waals surface area contributed by atoms with Gasteiger partial charge in [0.2, 0.25) is 0 Å². The van der Waals surface area contributed by atoms with Crippen molar-refractivity contribution < 1.29 is 5.11 Å². The lowest BCUT2D eigenvalue weighted by Crippen LogP contribution is -2.46. The summed E-state index contributed by atoms with van der Waals surface area (Å²) in [5, 5.41) is 14.8. The van der Waals surface area contributed by atoms with Crippen molar-refractivity contribution in [1.82, 2.24) is 19.7 Å². The fourth-order valence-corrected chi connectivity index (χ4v) is 2.67. The van der Waals surface area contributed by atoms with Gasteiger partial charge in [0.15, 0.2) is 0 Å². The molecule has 2 rings (SSSR count). The van der Waals surface area contributed by atoms with Gasteiger partial charge in [0.05, 0.1) is 5.60 Å². The quantitative estimate of drug-likeness (QED) is 0.852. The Hall–Kier alpha value is -0.940. The van der Waals surface area contributed by atoms with Crippen LogP contribution in [0.3, 0.4) is 0 Å². The highest BCUT2D eigenvalue weighted by atomic mass is 16.3. The molecule has 0 bridgehead atoms. The summed E-state index contributed by atoms with van der Waals surface area (Å²) in [4.78, 5) is 6.69. The summed E-state index contributed by atoms with van der Waals surface area (Å²) in [5.74, 6) is 0.906. The van der Waals surface area contributed by atoms with E-state index in [0.29, 0.717) is 6.42 Å². The molecule has 2 heterocycles. The van der Waals surface area contributed by atoms with Crippen LogP contribution in [0.4, 0.5) is 0 Å². The lowest BCUT2D eigenvalue weighted by atomic mass is 9.88. The highest BCUT2D eigenvalue weighted by molar-refractivity contribution is 4.97. The molecule has 102 valence electrons. The first-order valence-corrected chi connectivity index (χ1v) is 6.98. The fraction of sp³-hybridized carbons (Fsp3) is 0.846. The van der Waals surface area contributed by atoms with Gasteiger partial charge in [-0.3, -0.25) is 4.68 Å². The maximum Gasteiger partial charge on any atom is 0.138 e. The van der Waals surface area contributed by atoms with E-state index < -0.39 is 5.60 Å². The average Bonchev–Trinajstić information content (AvgIpc) is 2.79. The minimum Gasteiger partial charge on any atom is -0.389 e. The number of aryl methyl sites for hydroxylation is 1. The first-order valence-electron chi connectivity index (χ1n) is 6.98. The van der Waals surface area contributed by atoms with Gasteiger partial charge < -0.3 is 10.0 Å². The van der Waals surface area contributed by atoms with Crippen LogP contribution in [0.15, 0.2) is 6.33 Å². The minimum atomic E-state index is -0.593. The molecule has 0 amide bonds. The van der Waals surface area contributed by atoms with E-state index in [4.69, 9.17) is 0 Å². The smallest absolute Gasteiger partial charge is 0.138 e. The van der Waals surface area contributed by atoms with Crippen LogP contribution in [0.25, 0.3) is 0 Å². The largest absolute Gasteiger partial charge is 0.389 e. The predicted octanol–water partition coefficient (Wildman–Crippen LogP) is 1.08. The van der Waals surface area contributed by atoms with Crippen molar-refractivity contribution in [2.24, 2.45) is 0 Å². The molecule has 0 aromatic carbocycles. The number of rotatable bonds is 5. The molecule has 0 atom stereocenters. The van der Waals surface area contributed by atoms with E-state index in [1.807, 2.05) is 11.6 Å². The third kappa shape index (κ3) is 3.09. The summed E-state index contributed by atoms with van der Waals surface area (Å²) in [6.07, 6.45) is 5.06. The van der Waals surface area contributed by atoms with Gasteiger partial charge in [0.25, 0.3) is 0 Å². The number of likely N-dealkylation sites (tertiary alicyclic amines) is 1. The van der Waals surface area contributed by atoms with Crippen molar-refractivity contribution in [3.05, 3.63) is 12.2 Å². The maximum absolute atomic E-state index is 10.6. The SMILES string of the molecule is CCCN1CCC(O)(Cc2ncnn2CC)CC1. The highest BCUT2D eigenvalue weighted by Crippen LogP contribution is 2.25. The van der Waals surface area contributed by atoms with Gasteiger partial charge in [-0.1, -0.05) is 6.92 Å². The Labute approximate surface area is 109 Å². The Bertz CT molecular complexity index is 369. The second-order valence-electron chi connectivity index (χ2n) is 5.23. The number of hydrogen-bond donors (Lipinski definition) is 1. The molecule has 1 aromatic rings. The Kier molecular flexibility index (Phi) is 4.35. The van der Waals surface area contributed by atoms with Gasteiger partial charge in [0.1, 0.15) is 12.2 Å². The van der Waals surface area contributed by atoms with Gasteiger partial charge in [-0.2, -0.15) is 5.10 Å². The Morgan fingerprint density at radius 2 is 2.06 bits per heavy atom. The van der Waals surface area contributed by atoms with Crippen LogP contribution in [0, 0.1) is 0 Å². The molecule has 1 aliphatic rings. The summed E-state index contributed by atoms with van der Waals surface area (Å²) in [7, 11) is 0. The zero-order chi connectivity index (χ0) is 13.0. The van der Waals surface area contributed by atoms with Gasteiger partial charge in [-0.15, -0.1) is 0 Å².